The number of para-hydroxylation sites is 2. The van der Waals surface area contributed by atoms with E-state index < -0.39 is 0 Å². The topological polar surface area (TPSA) is 3.24 Å². The predicted octanol–water partition coefficient (Wildman–Crippen LogP) is 7.57. The molecule has 3 aromatic rings. The summed E-state index contributed by atoms with van der Waals surface area (Å²) in [4.78, 5) is 2.30. The molecule has 0 N–H and O–H groups in total. The normalized spacial score (nSPS) is 12.6. The highest BCUT2D eigenvalue weighted by atomic mass is 35.5. The van der Waals surface area contributed by atoms with E-state index in [1.807, 2.05) is 12.1 Å². The van der Waals surface area contributed by atoms with Crippen LogP contribution in [0, 0.1) is 0 Å². The second-order valence-corrected chi connectivity index (χ2v) is 8.25. The van der Waals surface area contributed by atoms with Crippen LogP contribution < -0.4 is 4.90 Å². The van der Waals surface area contributed by atoms with Crippen molar-refractivity contribution in [1.82, 2.24) is 0 Å². The molecule has 0 unspecified atom stereocenters. The van der Waals surface area contributed by atoms with Crippen molar-refractivity contribution in [2.45, 2.75) is 0 Å². The number of anilines is 3. The third kappa shape index (κ3) is 2.94. The summed E-state index contributed by atoms with van der Waals surface area (Å²) in [6.45, 7) is 0. The number of rotatable bonds is 3. The molecular formula is C22H18ClNS2. The van der Waals surface area contributed by atoms with Gasteiger partial charge < -0.3 is 4.90 Å². The Kier molecular flexibility index (Phi) is 5.03. The number of fused-ring (bicyclic) bond motifs is 2. The molecule has 0 saturated carbocycles. The Morgan fingerprint density at radius 2 is 1.42 bits per heavy atom. The highest BCUT2D eigenvalue weighted by Gasteiger charge is 2.29. The van der Waals surface area contributed by atoms with Gasteiger partial charge in [0.05, 0.1) is 11.4 Å². The van der Waals surface area contributed by atoms with Gasteiger partial charge in [0.25, 0.3) is 0 Å². The zero-order valence-corrected chi connectivity index (χ0v) is 17.0. The summed E-state index contributed by atoms with van der Waals surface area (Å²) >= 11 is 9.99. The van der Waals surface area contributed by atoms with Crippen molar-refractivity contribution in [3.05, 3.63) is 93.2 Å². The molecule has 4 rings (SSSR count). The first-order valence-electron chi connectivity index (χ1n) is 8.31. The van der Waals surface area contributed by atoms with Crippen LogP contribution in [0.3, 0.4) is 0 Å². The van der Waals surface area contributed by atoms with Crippen molar-refractivity contribution < 1.29 is 0 Å². The summed E-state index contributed by atoms with van der Waals surface area (Å²) < 4.78 is 1.31. The second kappa shape index (κ2) is 7.43. The molecule has 0 aromatic heterocycles. The lowest BCUT2D eigenvalue weighted by atomic mass is 9.91. The van der Waals surface area contributed by atoms with Crippen molar-refractivity contribution in [3.8, 4) is 0 Å². The van der Waals surface area contributed by atoms with Gasteiger partial charge in [0, 0.05) is 31.6 Å². The molecule has 0 radical (unpaired) electrons. The molecule has 0 bridgehead atoms. The zero-order valence-electron chi connectivity index (χ0n) is 14.6. The van der Waals surface area contributed by atoms with Crippen molar-refractivity contribution in [2.75, 3.05) is 17.4 Å². The van der Waals surface area contributed by atoms with Crippen molar-refractivity contribution in [1.29, 1.82) is 0 Å². The Balaban J connectivity index is 2.09. The predicted molar refractivity (Wildman–Crippen MR) is 119 cm³/mol. The molecule has 0 atom stereocenters. The zero-order chi connectivity index (χ0) is 18.1. The standard InChI is InChI=1S/C22H18ClNS2/c1-25-22(26-2)21-17-10-6-7-11-19(17)24(16-8-4-3-5-9-16)20-14-15(23)12-13-18(20)21/h3-14H,1-2H3. The largest absolute Gasteiger partial charge is 0.309 e. The minimum absolute atomic E-state index is 0.748. The fourth-order valence-corrected chi connectivity index (χ4v) is 5.10. The third-order valence-corrected chi connectivity index (χ3v) is 6.86. The first-order chi connectivity index (χ1) is 12.7. The molecule has 0 saturated heterocycles. The van der Waals surface area contributed by atoms with Gasteiger partial charge in [0.15, 0.2) is 0 Å². The van der Waals surface area contributed by atoms with Gasteiger partial charge in [-0.05, 0) is 42.8 Å². The summed E-state index contributed by atoms with van der Waals surface area (Å²) in [5.74, 6) is 0. The lowest BCUT2D eigenvalue weighted by Gasteiger charge is -2.35. The average molecular weight is 396 g/mol. The van der Waals surface area contributed by atoms with Crippen LogP contribution >= 0.6 is 35.1 Å². The van der Waals surface area contributed by atoms with E-state index >= 15 is 0 Å². The van der Waals surface area contributed by atoms with E-state index in [9.17, 15) is 0 Å². The highest BCUT2D eigenvalue weighted by Crippen LogP contribution is 2.52. The van der Waals surface area contributed by atoms with E-state index in [1.54, 1.807) is 23.5 Å². The molecule has 1 aliphatic rings. The maximum absolute atomic E-state index is 6.40. The van der Waals surface area contributed by atoms with Crippen LogP contribution in [0.2, 0.25) is 5.02 Å². The van der Waals surface area contributed by atoms with Crippen LogP contribution in [0.15, 0.2) is 77.0 Å². The van der Waals surface area contributed by atoms with Crippen molar-refractivity contribution >= 4 is 57.8 Å². The smallest absolute Gasteiger partial charge is 0.0555 e. The van der Waals surface area contributed by atoms with Gasteiger partial charge in [-0.1, -0.05) is 54.1 Å². The summed E-state index contributed by atoms with van der Waals surface area (Å²) in [6, 6.07) is 25.3. The Morgan fingerprint density at radius 3 is 2.15 bits per heavy atom. The lowest BCUT2D eigenvalue weighted by Crippen LogP contribution is -2.18. The number of benzene rings is 3. The van der Waals surface area contributed by atoms with Crippen LogP contribution in [0.5, 0.6) is 0 Å². The molecule has 130 valence electrons. The molecule has 0 aliphatic carbocycles. The van der Waals surface area contributed by atoms with Crippen molar-refractivity contribution in [2.24, 2.45) is 0 Å². The summed E-state index contributed by atoms with van der Waals surface area (Å²) in [5, 5.41) is 0.748. The van der Waals surface area contributed by atoms with Gasteiger partial charge in [-0.2, -0.15) is 0 Å². The molecule has 0 spiro atoms. The molecule has 3 aromatic carbocycles. The van der Waals surface area contributed by atoms with Crippen LogP contribution in [0.4, 0.5) is 17.1 Å². The van der Waals surface area contributed by atoms with Gasteiger partial charge in [-0.3, -0.25) is 0 Å². The fraction of sp³-hybridized carbons (Fsp3) is 0.0909. The van der Waals surface area contributed by atoms with Gasteiger partial charge in [-0.25, -0.2) is 0 Å². The number of thioether (sulfide) groups is 2. The third-order valence-electron chi connectivity index (χ3n) is 4.47. The first kappa shape index (κ1) is 17.6. The van der Waals surface area contributed by atoms with Gasteiger partial charge in [0.2, 0.25) is 0 Å². The van der Waals surface area contributed by atoms with Gasteiger partial charge in [-0.15, -0.1) is 23.5 Å². The quantitative estimate of drug-likeness (QED) is 0.352. The van der Waals surface area contributed by atoms with Gasteiger partial charge >= 0.3 is 0 Å². The Hall–Kier alpha value is -1.81. The summed E-state index contributed by atoms with van der Waals surface area (Å²) in [5.41, 5.74) is 7.21. The van der Waals surface area contributed by atoms with Crippen LogP contribution in [-0.4, -0.2) is 12.5 Å². The molecule has 1 nitrogen and oxygen atoms in total. The average Bonchev–Trinajstić information content (AvgIpc) is 2.69. The number of hydrogen-bond donors (Lipinski definition) is 0. The van der Waals surface area contributed by atoms with E-state index in [-0.39, 0.29) is 0 Å². The summed E-state index contributed by atoms with van der Waals surface area (Å²) in [6.07, 6.45) is 4.28. The second-order valence-electron chi connectivity index (χ2n) is 5.92. The SMILES string of the molecule is CSC(SC)=C1c2ccccc2N(c2ccccc2)c2cc(Cl)ccc21. The minimum atomic E-state index is 0.748. The molecule has 26 heavy (non-hydrogen) atoms. The fourth-order valence-electron chi connectivity index (χ4n) is 3.42. The van der Waals surface area contributed by atoms with E-state index in [0.29, 0.717) is 0 Å². The number of nitrogens with zero attached hydrogens (tertiary/aromatic N) is 1. The Morgan fingerprint density at radius 1 is 0.769 bits per heavy atom. The van der Waals surface area contributed by atoms with Crippen LogP contribution in [-0.2, 0) is 0 Å². The minimum Gasteiger partial charge on any atom is -0.309 e. The van der Waals surface area contributed by atoms with E-state index in [1.165, 1.54) is 26.6 Å². The Labute approximate surface area is 168 Å². The van der Waals surface area contributed by atoms with E-state index in [0.717, 1.165) is 16.4 Å². The number of hydrogen-bond acceptors (Lipinski definition) is 3. The maximum atomic E-state index is 6.40. The van der Waals surface area contributed by atoms with Crippen LogP contribution in [0.25, 0.3) is 5.57 Å². The molecule has 1 heterocycles. The van der Waals surface area contributed by atoms with Gasteiger partial charge in [0.1, 0.15) is 0 Å². The Bertz CT molecular complexity index is 976. The molecular weight excluding hydrogens is 378 g/mol. The highest BCUT2D eigenvalue weighted by molar-refractivity contribution is 8.21. The molecule has 1 aliphatic heterocycles. The monoisotopic (exact) mass is 395 g/mol. The molecule has 0 fully saturated rings. The van der Waals surface area contributed by atoms with Crippen LogP contribution in [0.1, 0.15) is 11.1 Å². The lowest BCUT2D eigenvalue weighted by molar-refractivity contribution is 1.24. The van der Waals surface area contributed by atoms with E-state index in [4.69, 9.17) is 11.6 Å². The maximum Gasteiger partial charge on any atom is 0.0555 e. The summed E-state index contributed by atoms with van der Waals surface area (Å²) in [7, 11) is 0. The molecule has 4 heteroatoms. The van der Waals surface area contributed by atoms with Crippen molar-refractivity contribution in [3.63, 3.8) is 0 Å². The molecule has 0 amide bonds. The number of halogens is 1. The van der Waals surface area contributed by atoms with E-state index in [2.05, 4.69) is 78.1 Å². The first-order valence-corrected chi connectivity index (χ1v) is 11.1.